The lowest BCUT2D eigenvalue weighted by Gasteiger charge is -2.29. The van der Waals surface area contributed by atoms with Crippen molar-refractivity contribution in [3.8, 4) is 0 Å². The maximum atomic E-state index is 10.4. The van der Waals surface area contributed by atoms with E-state index < -0.39 is 5.60 Å². The molecule has 1 aromatic heterocycles. The zero-order chi connectivity index (χ0) is 13.0. The van der Waals surface area contributed by atoms with Gasteiger partial charge in [0.2, 0.25) is 0 Å². The molecule has 5 nitrogen and oxygen atoms in total. The Balaban J connectivity index is 2.03. The van der Waals surface area contributed by atoms with Crippen LogP contribution in [0.25, 0.3) is 0 Å². The van der Waals surface area contributed by atoms with Gasteiger partial charge in [0.1, 0.15) is 11.6 Å². The molecule has 0 amide bonds. The van der Waals surface area contributed by atoms with Crippen LogP contribution >= 0.6 is 0 Å². The summed E-state index contributed by atoms with van der Waals surface area (Å²) in [6.07, 6.45) is 7.46. The fourth-order valence-corrected chi connectivity index (χ4v) is 2.52. The van der Waals surface area contributed by atoms with Crippen LogP contribution in [0.2, 0.25) is 0 Å². The quantitative estimate of drug-likeness (QED) is 0.832. The summed E-state index contributed by atoms with van der Waals surface area (Å²) in [7, 11) is 1.95. The number of hydrogen-bond acceptors (Lipinski definition) is 5. The molecule has 1 aromatic rings. The van der Waals surface area contributed by atoms with Crippen LogP contribution in [0.4, 0.5) is 11.6 Å². The summed E-state index contributed by atoms with van der Waals surface area (Å²) >= 11 is 0. The maximum Gasteiger partial charge on any atom is 0.149 e. The molecule has 0 unspecified atom stereocenters. The third kappa shape index (κ3) is 3.10. The summed E-state index contributed by atoms with van der Waals surface area (Å²) in [5, 5.41) is 13.5. The van der Waals surface area contributed by atoms with E-state index in [1.165, 1.54) is 0 Å². The number of nitrogens with one attached hydrogen (secondary N) is 1. The van der Waals surface area contributed by atoms with Crippen molar-refractivity contribution in [2.75, 3.05) is 30.4 Å². The smallest absolute Gasteiger partial charge is 0.149 e. The molecule has 1 fully saturated rings. The highest BCUT2D eigenvalue weighted by atomic mass is 16.3. The minimum absolute atomic E-state index is 0.551. The van der Waals surface area contributed by atoms with Crippen molar-refractivity contribution >= 4 is 11.6 Å². The van der Waals surface area contributed by atoms with Gasteiger partial charge in [-0.1, -0.05) is 12.8 Å². The highest BCUT2D eigenvalue weighted by molar-refractivity contribution is 5.43. The molecule has 1 heterocycles. The normalized spacial score (nSPS) is 17.7. The first kappa shape index (κ1) is 13.1. The molecule has 0 spiro atoms. The fourth-order valence-electron chi connectivity index (χ4n) is 2.52. The zero-order valence-electron chi connectivity index (χ0n) is 11.2. The highest BCUT2D eigenvalue weighted by Gasteiger charge is 2.32. The summed E-state index contributed by atoms with van der Waals surface area (Å²) in [6.45, 7) is 3.47. The second kappa shape index (κ2) is 5.52. The van der Waals surface area contributed by atoms with Crippen molar-refractivity contribution in [3.05, 3.63) is 12.4 Å². The SMILES string of the molecule is CCNc1cncc(N(C)CC2(O)CCCC2)n1. The minimum atomic E-state index is -0.551. The Morgan fingerprint density at radius 1 is 1.39 bits per heavy atom. The Labute approximate surface area is 108 Å². The van der Waals surface area contributed by atoms with E-state index in [0.29, 0.717) is 6.54 Å². The van der Waals surface area contributed by atoms with E-state index in [-0.39, 0.29) is 0 Å². The maximum absolute atomic E-state index is 10.4. The lowest BCUT2D eigenvalue weighted by Crippen LogP contribution is -2.39. The Kier molecular flexibility index (Phi) is 4.01. The Morgan fingerprint density at radius 3 is 2.78 bits per heavy atom. The number of aromatic nitrogens is 2. The van der Waals surface area contributed by atoms with Crippen molar-refractivity contribution in [3.63, 3.8) is 0 Å². The monoisotopic (exact) mass is 250 g/mol. The summed E-state index contributed by atoms with van der Waals surface area (Å²) in [5.74, 6) is 1.58. The number of hydrogen-bond donors (Lipinski definition) is 2. The van der Waals surface area contributed by atoms with E-state index in [2.05, 4.69) is 15.3 Å². The average Bonchev–Trinajstić information content (AvgIpc) is 2.76. The highest BCUT2D eigenvalue weighted by Crippen LogP contribution is 2.30. The lowest BCUT2D eigenvalue weighted by molar-refractivity contribution is 0.0558. The van der Waals surface area contributed by atoms with Gasteiger partial charge in [-0.15, -0.1) is 0 Å². The lowest BCUT2D eigenvalue weighted by atomic mass is 10.0. The molecule has 100 valence electrons. The molecule has 5 heteroatoms. The van der Waals surface area contributed by atoms with E-state index in [0.717, 1.165) is 43.9 Å². The molecule has 0 aliphatic heterocycles. The van der Waals surface area contributed by atoms with E-state index in [1.807, 2.05) is 18.9 Å². The van der Waals surface area contributed by atoms with Gasteiger partial charge in [0.15, 0.2) is 0 Å². The van der Waals surface area contributed by atoms with Crippen LogP contribution in [-0.2, 0) is 0 Å². The zero-order valence-corrected chi connectivity index (χ0v) is 11.2. The van der Waals surface area contributed by atoms with Gasteiger partial charge in [-0.3, -0.25) is 4.98 Å². The predicted molar refractivity (Wildman–Crippen MR) is 72.9 cm³/mol. The topological polar surface area (TPSA) is 61.3 Å². The van der Waals surface area contributed by atoms with Gasteiger partial charge >= 0.3 is 0 Å². The summed E-state index contributed by atoms with van der Waals surface area (Å²) < 4.78 is 0. The van der Waals surface area contributed by atoms with Gasteiger partial charge in [-0.05, 0) is 19.8 Å². The van der Waals surface area contributed by atoms with E-state index >= 15 is 0 Å². The molecule has 0 saturated heterocycles. The molecule has 0 aromatic carbocycles. The summed E-state index contributed by atoms with van der Waals surface area (Å²) in [6, 6.07) is 0. The first-order valence-corrected chi connectivity index (χ1v) is 6.62. The van der Waals surface area contributed by atoms with Gasteiger partial charge in [0, 0.05) is 20.1 Å². The van der Waals surface area contributed by atoms with E-state index in [9.17, 15) is 5.11 Å². The molecule has 0 bridgehead atoms. The molecule has 18 heavy (non-hydrogen) atoms. The van der Waals surface area contributed by atoms with Gasteiger partial charge in [-0.25, -0.2) is 4.98 Å². The van der Waals surface area contributed by atoms with Gasteiger partial charge in [0.05, 0.1) is 18.0 Å². The molecule has 1 aliphatic carbocycles. The second-order valence-corrected chi connectivity index (χ2v) is 5.08. The Hall–Kier alpha value is -1.36. The number of aliphatic hydroxyl groups is 1. The second-order valence-electron chi connectivity index (χ2n) is 5.08. The van der Waals surface area contributed by atoms with Crippen LogP contribution in [0.15, 0.2) is 12.4 Å². The molecule has 2 N–H and O–H groups in total. The van der Waals surface area contributed by atoms with Crippen LogP contribution in [0.1, 0.15) is 32.6 Å². The Morgan fingerprint density at radius 2 is 2.11 bits per heavy atom. The van der Waals surface area contributed by atoms with Crippen LogP contribution in [-0.4, -0.2) is 40.8 Å². The first-order chi connectivity index (χ1) is 8.63. The first-order valence-electron chi connectivity index (χ1n) is 6.62. The van der Waals surface area contributed by atoms with Gasteiger partial charge < -0.3 is 15.3 Å². The fraction of sp³-hybridized carbons (Fsp3) is 0.692. The molecule has 0 radical (unpaired) electrons. The summed E-state index contributed by atoms with van der Waals surface area (Å²) in [5.41, 5.74) is -0.551. The van der Waals surface area contributed by atoms with Crippen molar-refractivity contribution < 1.29 is 5.11 Å². The average molecular weight is 250 g/mol. The van der Waals surface area contributed by atoms with Crippen molar-refractivity contribution in [2.45, 2.75) is 38.2 Å². The standard InChI is InChI=1S/C13H22N4O/c1-3-15-11-8-14-9-12(16-11)17(2)10-13(18)6-4-5-7-13/h8-9,18H,3-7,10H2,1-2H3,(H,15,16). The molecular formula is C13H22N4O. The van der Waals surface area contributed by atoms with E-state index in [1.54, 1.807) is 12.4 Å². The molecular weight excluding hydrogens is 228 g/mol. The van der Waals surface area contributed by atoms with Crippen molar-refractivity contribution in [1.29, 1.82) is 0 Å². The number of anilines is 2. The van der Waals surface area contributed by atoms with Gasteiger partial charge in [0.25, 0.3) is 0 Å². The predicted octanol–water partition coefficient (Wildman–Crippen LogP) is 1.65. The van der Waals surface area contributed by atoms with Crippen LogP contribution in [0.3, 0.4) is 0 Å². The summed E-state index contributed by atoms with van der Waals surface area (Å²) in [4.78, 5) is 10.6. The Bertz CT molecular complexity index is 390. The molecule has 1 saturated carbocycles. The number of rotatable bonds is 5. The molecule has 0 atom stereocenters. The van der Waals surface area contributed by atoms with E-state index in [4.69, 9.17) is 0 Å². The third-order valence-corrected chi connectivity index (χ3v) is 3.44. The van der Waals surface area contributed by atoms with Crippen LogP contribution in [0, 0.1) is 0 Å². The number of nitrogens with zero attached hydrogens (tertiary/aromatic N) is 3. The molecule has 2 rings (SSSR count). The largest absolute Gasteiger partial charge is 0.388 e. The van der Waals surface area contributed by atoms with Crippen LogP contribution in [0.5, 0.6) is 0 Å². The van der Waals surface area contributed by atoms with Crippen LogP contribution < -0.4 is 10.2 Å². The van der Waals surface area contributed by atoms with Crippen molar-refractivity contribution in [2.24, 2.45) is 0 Å². The minimum Gasteiger partial charge on any atom is -0.388 e. The van der Waals surface area contributed by atoms with Gasteiger partial charge in [-0.2, -0.15) is 0 Å². The van der Waals surface area contributed by atoms with Crippen molar-refractivity contribution in [1.82, 2.24) is 9.97 Å². The number of likely N-dealkylation sites (N-methyl/N-ethyl adjacent to an activating group) is 1. The third-order valence-electron chi connectivity index (χ3n) is 3.44. The molecule has 1 aliphatic rings.